The highest BCUT2D eigenvalue weighted by Crippen LogP contribution is 2.28. The zero-order chi connectivity index (χ0) is 22.7. The van der Waals surface area contributed by atoms with Gasteiger partial charge in [0.15, 0.2) is 6.29 Å². The minimum atomic E-state index is -0.812. The number of rotatable bonds is 11. The van der Waals surface area contributed by atoms with Crippen molar-refractivity contribution in [3.63, 3.8) is 0 Å². The van der Waals surface area contributed by atoms with E-state index < -0.39 is 18.5 Å². The van der Waals surface area contributed by atoms with E-state index in [0.717, 1.165) is 16.7 Å². The summed E-state index contributed by atoms with van der Waals surface area (Å²) in [5.41, 5.74) is 3.19. The van der Waals surface area contributed by atoms with E-state index in [2.05, 4.69) is 4.89 Å². The molecule has 1 heterocycles. The minimum Gasteiger partial charge on any atom is -0.374 e. The molecule has 0 amide bonds. The Morgan fingerprint density at radius 1 is 0.697 bits per heavy atom. The van der Waals surface area contributed by atoms with Gasteiger partial charge in [-0.25, -0.2) is 10.1 Å². The van der Waals surface area contributed by atoms with Gasteiger partial charge in [-0.3, -0.25) is 0 Å². The summed E-state index contributed by atoms with van der Waals surface area (Å²) in [6.45, 7) is 1.57. The van der Waals surface area contributed by atoms with Gasteiger partial charge in [0.25, 0.3) is 0 Å². The molecule has 0 aromatic heterocycles. The molecule has 1 fully saturated rings. The molecule has 6 heteroatoms. The Bertz CT molecular complexity index is 921. The Morgan fingerprint density at radius 3 is 1.76 bits per heavy atom. The molecule has 33 heavy (non-hydrogen) atoms. The number of hydrogen-bond acceptors (Lipinski definition) is 6. The van der Waals surface area contributed by atoms with Crippen molar-refractivity contribution in [2.45, 2.75) is 50.8 Å². The Hall–Kier alpha value is -2.58. The van der Waals surface area contributed by atoms with Crippen LogP contribution < -0.4 is 0 Å². The van der Waals surface area contributed by atoms with E-state index in [9.17, 15) is 5.26 Å². The second-order valence-electron chi connectivity index (χ2n) is 8.04. The second kappa shape index (κ2) is 12.6. The zero-order valence-electron chi connectivity index (χ0n) is 18.5. The Balaban J connectivity index is 1.44. The Morgan fingerprint density at radius 2 is 1.21 bits per heavy atom. The molecule has 3 aromatic carbocycles. The average Bonchev–Trinajstić information content (AvgIpc) is 2.88. The Labute approximate surface area is 194 Å². The lowest BCUT2D eigenvalue weighted by Crippen LogP contribution is -2.52. The van der Waals surface area contributed by atoms with Gasteiger partial charge in [-0.1, -0.05) is 91.0 Å². The van der Waals surface area contributed by atoms with Crippen LogP contribution in [0.1, 0.15) is 23.1 Å². The van der Waals surface area contributed by atoms with Gasteiger partial charge in [0.1, 0.15) is 12.2 Å². The van der Waals surface area contributed by atoms with Crippen LogP contribution in [0.25, 0.3) is 0 Å². The highest BCUT2D eigenvalue weighted by atomic mass is 17.1. The first-order valence-corrected chi connectivity index (χ1v) is 11.2. The quantitative estimate of drug-likeness (QED) is 0.328. The molecule has 1 N–H and O–H groups in total. The fourth-order valence-electron chi connectivity index (χ4n) is 3.88. The van der Waals surface area contributed by atoms with E-state index in [1.54, 1.807) is 0 Å². The van der Waals surface area contributed by atoms with Crippen LogP contribution in [0.4, 0.5) is 0 Å². The maximum Gasteiger partial charge on any atom is 0.194 e. The summed E-state index contributed by atoms with van der Waals surface area (Å²) < 4.78 is 24.5. The minimum absolute atomic E-state index is 0.277. The van der Waals surface area contributed by atoms with Crippen molar-refractivity contribution >= 4 is 0 Å². The van der Waals surface area contributed by atoms with Crippen molar-refractivity contribution in [2.75, 3.05) is 6.61 Å². The van der Waals surface area contributed by atoms with E-state index in [1.807, 2.05) is 91.0 Å². The third kappa shape index (κ3) is 7.20. The molecule has 0 spiro atoms. The molecule has 4 rings (SSSR count). The summed E-state index contributed by atoms with van der Waals surface area (Å²) in [7, 11) is 0. The molecule has 174 valence electrons. The van der Waals surface area contributed by atoms with Crippen molar-refractivity contribution in [3.8, 4) is 0 Å². The normalized spacial score (nSPS) is 22.8. The van der Waals surface area contributed by atoms with Gasteiger partial charge in [-0.15, -0.1) is 0 Å². The van der Waals surface area contributed by atoms with Crippen molar-refractivity contribution in [1.82, 2.24) is 0 Å². The average molecular weight is 451 g/mol. The molecule has 0 saturated carbocycles. The van der Waals surface area contributed by atoms with Crippen LogP contribution in [0.3, 0.4) is 0 Å². The molecule has 4 atom stereocenters. The summed E-state index contributed by atoms with van der Waals surface area (Å²) in [5, 5.41) is 9.35. The monoisotopic (exact) mass is 450 g/mol. The molecule has 0 bridgehead atoms. The van der Waals surface area contributed by atoms with Gasteiger partial charge < -0.3 is 18.9 Å². The SMILES string of the molecule is OO[C@@H]1C[C@@H](OCc2ccccc2)[C@H](OCc2ccccc2)[C@H](COCc2ccccc2)O1. The topological polar surface area (TPSA) is 66.4 Å². The predicted molar refractivity (Wildman–Crippen MR) is 123 cm³/mol. The molecule has 3 aromatic rings. The van der Waals surface area contributed by atoms with Crippen LogP contribution in [0, 0.1) is 0 Å². The van der Waals surface area contributed by atoms with Gasteiger partial charge in [-0.05, 0) is 16.7 Å². The van der Waals surface area contributed by atoms with Gasteiger partial charge >= 0.3 is 0 Å². The van der Waals surface area contributed by atoms with E-state index in [1.165, 1.54) is 0 Å². The number of hydrogen-bond donors (Lipinski definition) is 1. The first-order valence-electron chi connectivity index (χ1n) is 11.2. The molecule has 0 unspecified atom stereocenters. The lowest BCUT2D eigenvalue weighted by atomic mass is 10.0. The third-order valence-corrected chi connectivity index (χ3v) is 5.59. The lowest BCUT2D eigenvalue weighted by molar-refractivity contribution is -0.385. The molecule has 1 saturated heterocycles. The molecular formula is C27H30O6. The van der Waals surface area contributed by atoms with Gasteiger partial charge in [-0.2, -0.15) is 0 Å². The molecule has 6 nitrogen and oxygen atoms in total. The van der Waals surface area contributed by atoms with Crippen molar-refractivity contribution in [1.29, 1.82) is 0 Å². The van der Waals surface area contributed by atoms with E-state index in [4.69, 9.17) is 18.9 Å². The van der Waals surface area contributed by atoms with Crippen molar-refractivity contribution in [2.24, 2.45) is 0 Å². The predicted octanol–water partition coefficient (Wildman–Crippen LogP) is 4.98. The summed E-state index contributed by atoms with van der Waals surface area (Å²) in [6.07, 6.45) is -1.67. The largest absolute Gasteiger partial charge is 0.374 e. The van der Waals surface area contributed by atoms with E-state index >= 15 is 0 Å². The lowest BCUT2D eigenvalue weighted by Gasteiger charge is -2.40. The second-order valence-corrected chi connectivity index (χ2v) is 8.04. The third-order valence-electron chi connectivity index (χ3n) is 5.59. The summed E-state index contributed by atoms with van der Waals surface area (Å²) in [6, 6.07) is 29.9. The van der Waals surface area contributed by atoms with Crippen LogP contribution in [-0.4, -0.2) is 36.5 Å². The van der Waals surface area contributed by atoms with Gasteiger partial charge in [0, 0.05) is 6.42 Å². The number of ether oxygens (including phenoxy) is 4. The summed E-state index contributed by atoms with van der Waals surface area (Å²) in [4.78, 5) is 4.57. The van der Waals surface area contributed by atoms with Crippen molar-refractivity contribution < 1.29 is 29.1 Å². The summed E-state index contributed by atoms with van der Waals surface area (Å²) in [5.74, 6) is 0. The molecule has 1 aliphatic heterocycles. The smallest absolute Gasteiger partial charge is 0.194 e. The van der Waals surface area contributed by atoms with Crippen molar-refractivity contribution in [3.05, 3.63) is 108 Å². The maximum absolute atomic E-state index is 9.35. The number of benzene rings is 3. The highest BCUT2D eigenvalue weighted by Gasteiger charge is 2.41. The van der Waals surface area contributed by atoms with Crippen LogP contribution in [0.2, 0.25) is 0 Å². The van der Waals surface area contributed by atoms with Crippen LogP contribution >= 0.6 is 0 Å². The van der Waals surface area contributed by atoms with Gasteiger partial charge in [0.2, 0.25) is 0 Å². The van der Waals surface area contributed by atoms with Gasteiger partial charge in [0.05, 0.1) is 32.5 Å². The van der Waals surface area contributed by atoms with Crippen LogP contribution in [-0.2, 0) is 43.7 Å². The highest BCUT2D eigenvalue weighted by molar-refractivity contribution is 5.15. The fraction of sp³-hybridized carbons (Fsp3) is 0.333. The van der Waals surface area contributed by atoms with E-state index in [0.29, 0.717) is 26.2 Å². The first-order chi connectivity index (χ1) is 16.3. The fourth-order valence-corrected chi connectivity index (χ4v) is 3.88. The van der Waals surface area contributed by atoms with Crippen LogP contribution in [0.15, 0.2) is 91.0 Å². The maximum atomic E-state index is 9.35. The standard InChI is InChI=1S/C27H30O6/c28-33-26-16-24(30-18-22-12-6-2-7-13-22)27(31-19-23-14-8-3-9-15-23)25(32-26)20-29-17-21-10-4-1-5-11-21/h1-15,24-28H,16-20H2/t24-,25+,26-,27+/m1/s1. The molecule has 0 aliphatic carbocycles. The molecule has 0 radical (unpaired) electrons. The zero-order valence-corrected chi connectivity index (χ0v) is 18.5. The Kier molecular flexibility index (Phi) is 9.00. The van der Waals surface area contributed by atoms with Crippen LogP contribution in [0.5, 0.6) is 0 Å². The first kappa shape index (κ1) is 23.6. The molecule has 1 aliphatic rings. The summed E-state index contributed by atoms with van der Waals surface area (Å²) >= 11 is 0. The molecular weight excluding hydrogens is 420 g/mol. The van der Waals surface area contributed by atoms with E-state index in [-0.39, 0.29) is 12.7 Å².